The molecule has 0 spiro atoms. The van der Waals surface area contributed by atoms with Crippen LogP contribution in [0.2, 0.25) is 0 Å². The van der Waals surface area contributed by atoms with Gasteiger partial charge in [0.1, 0.15) is 18.2 Å². The van der Waals surface area contributed by atoms with Gasteiger partial charge in [-0.1, -0.05) is 13.8 Å². The van der Waals surface area contributed by atoms with Crippen LogP contribution in [0.1, 0.15) is 25.5 Å². The van der Waals surface area contributed by atoms with Gasteiger partial charge in [0.05, 0.1) is 13.2 Å². The van der Waals surface area contributed by atoms with Crippen LogP contribution in [0.15, 0.2) is 18.2 Å². The summed E-state index contributed by atoms with van der Waals surface area (Å²) in [6, 6.07) is 4.06. The number of carbonyl (C=O) groups excluding carboxylic acids is 1. The summed E-state index contributed by atoms with van der Waals surface area (Å²) >= 11 is 0. The maximum absolute atomic E-state index is 13.9. The fraction of sp³-hybridized carbons (Fsp3) is 0.462. The van der Waals surface area contributed by atoms with Crippen molar-refractivity contribution in [2.24, 2.45) is 5.41 Å². The standard InChI is InChI=1S/C13H16FNO3.ClH/c1-13(2)7-18-12(16)15-11(13)9-6-8(17-3)4-5-10(9)14;/h4-6,11H,7H2,1-3H3,(H,15,16);1H/t11-;/m0./s1. The number of benzene rings is 1. The summed E-state index contributed by atoms with van der Waals surface area (Å²) in [7, 11) is 1.52. The second-order valence-corrected chi connectivity index (χ2v) is 5.03. The Morgan fingerprint density at radius 1 is 1.47 bits per heavy atom. The van der Waals surface area contributed by atoms with Crippen molar-refractivity contribution in [2.45, 2.75) is 19.9 Å². The first kappa shape index (κ1) is 15.6. The van der Waals surface area contributed by atoms with Crippen LogP contribution in [-0.2, 0) is 4.74 Å². The fourth-order valence-corrected chi connectivity index (χ4v) is 2.06. The summed E-state index contributed by atoms with van der Waals surface area (Å²) in [5, 5.41) is 2.66. The fourth-order valence-electron chi connectivity index (χ4n) is 2.06. The molecule has 0 saturated carbocycles. The van der Waals surface area contributed by atoms with Crippen LogP contribution in [0.3, 0.4) is 0 Å². The predicted octanol–water partition coefficient (Wildman–Crippen LogP) is 3.06. The van der Waals surface area contributed by atoms with E-state index in [1.165, 1.54) is 13.2 Å². The smallest absolute Gasteiger partial charge is 0.407 e. The van der Waals surface area contributed by atoms with Crippen LogP contribution in [0.5, 0.6) is 5.75 Å². The van der Waals surface area contributed by atoms with E-state index in [4.69, 9.17) is 9.47 Å². The van der Waals surface area contributed by atoms with Gasteiger partial charge < -0.3 is 14.8 Å². The zero-order chi connectivity index (χ0) is 13.3. The molecule has 1 aliphatic heterocycles. The lowest BCUT2D eigenvalue weighted by atomic mass is 9.80. The minimum absolute atomic E-state index is 0. The van der Waals surface area contributed by atoms with Crippen LogP contribution in [0.25, 0.3) is 0 Å². The van der Waals surface area contributed by atoms with Crippen molar-refractivity contribution < 1.29 is 18.7 Å². The summed E-state index contributed by atoms with van der Waals surface area (Å²) < 4.78 is 23.9. The molecule has 1 atom stereocenters. The van der Waals surface area contributed by atoms with E-state index in [0.717, 1.165) is 0 Å². The normalized spacial score (nSPS) is 20.8. The molecular formula is C13H17ClFNO3. The molecule has 1 aromatic carbocycles. The van der Waals surface area contributed by atoms with Crippen molar-refractivity contribution in [1.29, 1.82) is 0 Å². The first-order valence-electron chi connectivity index (χ1n) is 5.71. The Morgan fingerprint density at radius 2 is 2.16 bits per heavy atom. The molecular weight excluding hydrogens is 273 g/mol. The number of methoxy groups -OCH3 is 1. The number of hydrogen-bond acceptors (Lipinski definition) is 3. The molecule has 2 rings (SSSR count). The Balaban J connectivity index is 0.00000180. The van der Waals surface area contributed by atoms with Crippen LogP contribution in [0, 0.1) is 11.2 Å². The number of halogens is 2. The predicted molar refractivity (Wildman–Crippen MR) is 71.2 cm³/mol. The van der Waals surface area contributed by atoms with E-state index in [-0.39, 0.29) is 30.2 Å². The van der Waals surface area contributed by atoms with Gasteiger partial charge in [-0.15, -0.1) is 12.4 Å². The largest absolute Gasteiger partial charge is 0.497 e. The second-order valence-electron chi connectivity index (χ2n) is 5.03. The van der Waals surface area contributed by atoms with Gasteiger partial charge in [0.15, 0.2) is 0 Å². The van der Waals surface area contributed by atoms with E-state index in [0.29, 0.717) is 11.3 Å². The molecule has 19 heavy (non-hydrogen) atoms. The molecule has 1 saturated heterocycles. The third-order valence-corrected chi connectivity index (χ3v) is 3.13. The quantitative estimate of drug-likeness (QED) is 0.910. The maximum Gasteiger partial charge on any atom is 0.407 e. The molecule has 1 heterocycles. The average Bonchev–Trinajstić information content (AvgIpc) is 2.33. The Labute approximate surface area is 117 Å². The number of hydrogen-bond donors (Lipinski definition) is 1. The van der Waals surface area contributed by atoms with Gasteiger partial charge in [0.2, 0.25) is 0 Å². The minimum Gasteiger partial charge on any atom is -0.497 e. The monoisotopic (exact) mass is 289 g/mol. The molecule has 1 aliphatic rings. The van der Waals surface area contributed by atoms with Gasteiger partial charge in [0.25, 0.3) is 0 Å². The first-order valence-corrected chi connectivity index (χ1v) is 5.71. The molecule has 0 aliphatic carbocycles. The number of amides is 1. The molecule has 4 nitrogen and oxygen atoms in total. The summed E-state index contributed by atoms with van der Waals surface area (Å²) in [5.41, 5.74) is 0.0252. The van der Waals surface area contributed by atoms with Crippen LogP contribution < -0.4 is 10.1 Å². The topological polar surface area (TPSA) is 47.6 Å². The number of cyclic esters (lactones) is 1. The number of alkyl carbamates (subject to hydrolysis) is 1. The van der Waals surface area contributed by atoms with E-state index < -0.39 is 12.1 Å². The van der Waals surface area contributed by atoms with Crippen molar-refractivity contribution >= 4 is 18.5 Å². The number of ether oxygens (including phenoxy) is 2. The Morgan fingerprint density at radius 3 is 2.79 bits per heavy atom. The van der Waals surface area contributed by atoms with Crippen LogP contribution >= 0.6 is 12.4 Å². The highest BCUT2D eigenvalue weighted by Gasteiger charge is 2.39. The first-order chi connectivity index (χ1) is 8.44. The highest BCUT2D eigenvalue weighted by Crippen LogP contribution is 2.38. The highest BCUT2D eigenvalue weighted by atomic mass is 35.5. The zero-order valence-electron chi connectivity index (χ0n) is 11.0. The Hall–Kier alpha value is -1.49. The zero-order valence-corrected chi connectivity index (χ0v) is 11.8. The molecule has 0 radical (unpaired) electrons. The summed E-state index contributed by atoms with van der Waals surface area (Å²) in [5.74, 6) is 0.194. The van der Waals surface area contributed by atoms with Gasteiger partial charge in [-0.2, -0.15) is 0 Å². The molecule has 1 amide bonds. The van der Waals surface area contributed by atoms with Gasteiger partial charge in [-0.3, -0.25) is 0 Å². The molecule has 106 valence electrons. The lowest BCUT2D eigenvalue weighted by molar-refractivity contribution is 0.0377. The Bertz CT molecular complexity index is 479. The van der Waals surface area contributed by atoms with E-state index in [1.807, 2.05) is 13.8 Å². The molecule has 0 unspecified atom stereocenters. The van der Waals surface area contributed by atoms with Gasteiger partial charge in [-0.25, -0.2) is 9.18 Å². The molecule has 0 bridgehead atoms. The van der Waals surface area contributed by atoms with Crippen LogP contribution in [0.4, 0.5) is 9.18 Å². The molecule has 1 N–H and O–H groups in total. The number of nitrogens with one attached hydrogen (secondary N) is 1. The molecule has 0 aromatic heterocycles. The summed E-state index contributed by atoms with van der Waals surface area (Å²) in [4.78, 5) is 11.3. The van der Waals surface area contributed by atoms with E-state index >= 15 is 0 Å². The molecule has 1 fully saturated rings. The van der Waals surface area contributed by atoms with E-state index in [9.17, 15) is 9.18 Å². The van der Waals surface area contributed by atoms with Crippen molar-refractivity contribution in [1.82, 2.24) is 5.32 Å². The van der Waals surface area contributed by atoms with E-state index in [2.05, 4.69) is 5.32 Å². The number of rotatable bonds is 2. The maximum atomic E-state index is 13.9. The molecule has 1 aromatic rings. The van der Waals surface area contributed by atoms with Crippen molar-refractivity contribution in [3.05, 3.63) is 29.6 Å². The van der Waals surface area contributed by atoms with Crippen molar-refractivity contribution in [2.75, 3.05) is 13.7 Å². The third kappa shape index (κ3) is 3.10. The van der Waals surface area contributed by atoms with Gasteiger partial charge in [0, 0.05) is 11.0 Å². The third-order valence-electron chi connectivity index (χ3n) is 3.13. The summed E-state index contributed by atoms with van der Waals surface area (Å²) in [6.07, 6.45) is -0.526. The van der Waals surface area contributed by atoms with Crippen molar-refractivity contribution in [3.63, 3.8) is 0 Å². The molecule has 6 heteroatoms. The number of carbonyl (C=O) groups is 1. The summed E-state index contributed by atoms with van der Waals surface area (Å²) in [6.45, 7) is 4.08. The van der Waals surface area contributed by atoms with Crippen LogP contribution in [-0.4, -0.2) is 19.8 Å². The minimum atomic E-state index is -0.526. The SMILES string of the molecule is COc1ccc(F)c([C@@H]2NC(=O)OCC2(C)C)c1.Cl. The lowest BCUT2D eigenvalue weighted by Crippen LogP contribution is -2.47. The Kier molecular flexibility index (Phi) is 4.63. The lowest BCUT2D eigenvalue weighted by Gasteiger charge is -2.38. The average molecular weight is 290 g/mol. The van der Waals surface area contributed by atoms with Gasteiger partial charge in [-0.05, 0) is 18.2 Å². The highest BCUT2D eigenvalue weighted by molar-refractivity contribution is 5.85. The van der Waals surface area contributed by atoms with Gasteiger partial charge >= 0.3 is 6.09 Å². The second kappa shape index (κ2) is 5.65. The van der Waals surface area contributed by atoms with E-state index in [1.54, 1.807) is 12.1 Å². The van der Waals surface area contributed by atoms with Crippen molar-refractivity contribution in [3.8, 4) is 5.75 Å².